The highest BCUT2D eigenvalue weighted by Gasteiger charge is 2.09. The van der Waals surface area contributed by atoms with E-state index in [1.807, 2.05) is 12.1 Å². The number of hydrogen-bond donors (Lipinski definition) is 1. The largest absolute Gasteiger partial charge is 0.386 e. The standard InChI is InChI=1S/C9H8ClN3S.ClH/c10-6-1-3-7(4-2-6)12-9-13-8(11)5-14-9;/h1-4H,5H2,(H2,11,12,13);1H. The van der Waals surface area contributed by atoms with Gasteiger partial charge in [0.05, 0.1) is 11.4 Å². The Kier molecular flexibility index (Phi) is 4.45. The molecule has 6 heteroatoms. The third kappa shape index (κ3) is 3.41. The van der Waals surface area contributed by atoms with Gasteiger partial charge in [0.15, 0.2) is 5.17 Å². The van der Waals surface area contributed by atoms with Crippen molar-refractivity contribution in [1.29, 1.82) is 0 Å². The molecule has 0 saturated heterocycles. The molecule has 0 bridgehead atoms. The monoisotopic (exact) mass is 261 g/mol. The molecule has 2 N–H and O–H groups in total. The molecule has 1 aliphatic rings. The molecule has 0 aliphatic carbocycles. The summed E-state index contributed by atoms with van der Waals surface area (Å²) < 4.78 is 0. The van der Waals surface area contributed by atoms with Crippen LogP contribution >= 0.6 is 35.8 Å². The lowest BCUT2D eigenvalue weighted by Crippen LogP contribution is -2.09. The molecule has 0 saturated carbocycles. The van der Waals surface area contributed by atoms with Crippen LogP contribution in [0.2, 0.25) is 5.02 Å². The molecular formula is C9H9Cl2N3S. The second-order valence-electron chi connectivity index (χ2n) is 2.76. The van der Waals surface area contributed by atoms with Crippen molar-refractivity contribution in [2.45, 2.75) is 0 Å². The molecule has 80 valence electrons. The van der Waals surface area contributed by atoms with E-state index in [1.54, 1.807) is 12.1 Å². The maximum absolute atomic E-state index is 5.75. The summed E-state index contributed by atoms with van der Waals surface area (Å²) in [6, 6.07) is 7.29. The predicted octanol–water partition coefficient (Wildman–Crippen LogP) is 2.85. The van der Waals surface area contributed by atoms with Gasteiger partial charge in [-0.2, -0.15) is 0 Å². The van der Waals surface area contributed by atoms with Crippen molar-refractivity contribution >= 4 is 52.5 Å². The van der Waals surface area contributed by atoms with E-state index < -0.39 is 0 Å². The highest BCUT2D eigenvalue weighted by molar-refractivity contribution is 8.14. The van der Waals surface area contributed by atoms with Crippen LogP contribution in [0.3, 0.4) is 0 Å². The zero-order chi connectivity index (χ0) is 9.97. The topological polar surface area (TPSA) is 50.7 Å². The van der Waals surface area contributed by atoms with Crippen LogP contribution in [0.5, 0.6) is 0 Å². The smallest absolute Gasteiger partial charge is 0.190 e. The van der Waals surface area contributed by atoms with Crippen molar-refractivity contribution < 1.29 is 0 Å². The molecule has 0 fully saturated rings. The van der Waals surface area contributed by atoms with E-state index in [9.17, 15) is 0 Å². The number of halogens is 2. The van der Waals surface area contributed by atoms with E-state index in [4.69, 9.17) is 17.3 Å². The minimum absolute atomic E-state index is 0. The molecule has 0 unspecified atom stereocenters. The van der Waals surface area contributed by atoms with Crippen molar-refractivity contribution in [2.24, 2.45) is 15.7 Å². The number of nitrogens with two attached hydrogens (primary N) is 1. The van der Waals surface area contributed by atoms with Crippen LogP contribution in [0.4, 0.5) is 5.69 Å². The molecule has 15 heavy (non-hydrogen) atoms. The van der Waals surface area contributed by atoms with Gasteiger partial charge in [0.1, 0.15) is 5.84 Å². The molecule has 3 nitrogen and oxygen atoms in total. The SMILES string of the molecule is Cl.NC1=NC(=Nc2ccc(Cl)cc2)SC1. The van der Waals surface area contributed by atoms with Gasteiger partial charge in [-0.3, -0.25) is 0 Å². The average molecular weight is 262 g/mol. The zero-order valence-corrected chi connectivity index (χ0v) is 10.1. The van der Waals surface area contributed by atoms with Gasteiger partial charge in [0.2, 0.25) is 0 Å². The fourth-order valence-electron chi connectivity index (χ4n) is 1.01. The lowest BCUT2D eigenvalue weighted by atomic mass is 10.3. The van der Waals surface area contributed by atoms with Crippen LogP contribution < -0.4 is 5.73 Å². The van der Waals surface area contributed by atoms with Crippen molar-refractivity contribution in [3.05, 3.63) is 29.3 Å². The summed E-state index contributed by atoms with van der Waals surface area (Å²) in [5.41, 5.74) is 6.37. The first-order valence-electron chi connectivity index (χ1n) is 4.04. The van der Waals surface area contributed by atoms with Crippen LogP contribution in [0.15, 0.2) is 34.3 Å². The summed E-state index contributed by atoms with van der Waals surface area (Å²) in [4.78, 5) is 8.38. The normalized spacial score (nSPS) is 17.4. The zero-order valence-electron chi connectivity index (χ0n) is 7.68. The molecule has 0 radical (unpaired) electrons. The number of aliphatic imine (C=N–C) groups is 2. The Bertz CT molecular complexity index is 400. The highest BCUT2D eigenvalue weighted by Crippen LogP contribution is 2.21. The molecule has 0 spiro atoms. The van der Waals surface area contributed by atoms with E-state index in [2.05, 4.69) is 9.98 Å². The van der Waals surface area contributed by atoms with Crippen molar-refractivity contribution in [2.75, 3.05) is 5.75 Å². The third-order valence-corrected chi connectivity index (χ3v) is 2.77. The number of amidine groups is 2. The number of benzene rings is 1. The van der Waals surface area contributed by atoms with E-state index in [0.29, 0.717) is 16.0 Å². The van der Waals surface area contributed by atoms with E-state index in [1.165, 1.54) is 11.8 Å². The van der Waals surface area contributed by atoms with Gasteiger partial charge >= 0.3 is 0 Å². The molecule has 1 aliphatic heterocycles. The lowest BCUT2D eigenvalue weighted by molar-refractivity contribution is 1.49. The Balaban J connectivity index is 0.00000112. The number of nitrogens with zero attached hydrogens (tertiary/aromatic N) is 2. The maximum Gasteiger partial charge on any atom is 0.190 e. The quantitative estimate of drug-likeness (QED) is 0.846. The van der Waals surface area contributed by atoms with Crippen molar-refractivity contribution in [3.8, 4) is 0 Å². The van der Waals surface area contributed by atoms with Crippen LogP contribution in [-0.4, -0.2) is 16.8 Å². The van der Waals surface area contributed by atoms with Crippen molar-refractivity contribution in [3.63, 3.8) is 0 Å². The average Bonchev–Trinajstić information content (AvgIpc) is 2.56. The summed E-state index contributed by atoms with van der Waals surface area (Å²) in [5.74, 6) is 1.36. The van der Waals surface area contributed by atoms with Crippen LogP contribution in [0.25, 0.3) is 0 Å². The summed E-state index contributed by atoms with van der Waals surface area (Å²) in [6.07, 6.45) is 0. The van der Waals surface area contributed by atoms with Gasteiger partial charge in [-0.1, -0.05) is 23.4 Å². The summed E-state index contributed by atoms with van der Waals surface area (Å²) in [6.45, 7) is 0. The fourth-order valence-corrected chi connectivity index (χ4v) is 1.83. The van der Waals surface area contributed by atoms with Gasteiger partial charge in [0, 0.05) is 5.02 Å². The van der Waals surface area contributed by atoms with E-state index in [0.717, 1.165) is 11.4 Å². The molecule has 1 aromatic rings. The van der Waals surface area contributed by atoms with Gasteiger partial charge in [0.25, 0.3) is 0 Å². The van der Waals surface area contributed by atoms with E-state index in [-0.39, 0.29) is 12.4 Å². The molecule has 1 aromatic carbocycles. The Morgan fingerprint density at radius 1 is 1.33 bits per heavy atom. The Morgan fingerprint density at radius 3 is 2.53 bits per heavy atom. The summed E-state index contributed by atoms with van der Waals surface area (Å²) >= 11 is 7.29. The molecule has 0 atom stereocenters. The molecule has 0 aromatic heterocycles. The number of thioether (sulfide) groups is 1. The first-order chi connectivity index (χ1) is 6.74. The van der Waals surface area contributed by atoms with E-state index >= 15 is 0 Å². The van der Waals surface area contributed by atoms with Gasteiger partial charge in [-0.25, -0.2) is 9.98 Å². The predicted molar refractivity (Wildman–Crippen MR) is 69.9 cm³/mol. The second-order valence-corrected chi connectivity index (χ2v) is 4.14. The molecular weight excluding hydrogens is 253 g/mol. The Morgan fingerprint density at radius 2 is 2.00 bits per heavy atom. The first kappa shape index (κ1) is 12.4. The van der Waals surface area contributed by atoms with Crippen LogP contribution in [-0.2, 0) is 0 Å². The van der Waals surface area contributed by atoms with Crippen molar-refractivity contribution in [1.82, 2.24) is 0 Å². The number of rotatable bonds is 1. The highest BCUT2D eigenvalue weighted by atomic mass is 35.5. The minimum atomic E-state index is 0. The Labute approximate surface area is 103 Å². The molecule has 2 rings (SSSR count). The number of hydrogen-bond acceptors (Lipinski definition) is 3. The van der Waals surface area contributed by atoms with Gasteiger partial charge in [-0.05, 0) is 24.3 Å². The summed E-state index contributed by atoms with van der Waals surface area (Å²) in [5, 5.41) is 1.42. The van der Waals surface area contributed by atoms with Crippen LogP contribution in [0.1, 0.15) is 0 Å². The third-order valence-electron chi connectivity index (χ3n) is 1.64. The fraction of sp³-hybridized carbons (Fsp3) is 0.111. The van der Waals surface area contributed by atoms with Gasteiger partial charge < -0.3 is 5.73 Å². The maximum atomic E-state index is 5.75. The molecule has 1 heterocycles. The Hall–Kier alpha value is -0.710. The summed E-state index contributed by atoms with van der Waals surface area (Å²) in [7, 11) is 0. The minimum Gasteiger partial charge on any atom is -0.386 e. The first-order valence-corrected chi connectivity index (χ1v) is 5.40. The van der Waals surface area contributed by atoms with Crippen LogP contribution in [0, 0.1) is 0 Å². The second kappa shape index (κ2) is 5.39. The molecule has 0 amide bonds. The lowest BCUT2D eigenvalue weighted by Gasteiger charge is -1.94. The van der Waals surface area contributed by atoms with Gasteiger partial charge in [-0.15, -0.1) is 12.4 Å².